The minimum absolute atomic E-state index is 0.0484. The Kier molecular flexibility index (Phi) is 6.26. The molecule has 7 heteroatoms. The van der Waals surface area contributed by atoms with Crippen LogP contribution in [0, 0.1) is 5.92 Å². The Hall–Kier alpha value is -2.41. The number of nitrogens with zero attached hydrogens (tertiary/aromatic N) is 3. The molecule has 3 rings (SSSR count). The second kappa shape index (κ2) is 8.08. The van der Waals surface area contributed by atoms with E-state index in [2.05, 4.69) is 30.1 Å². The highest BCUT2D eigenvalue weighted by Gasteiger charge is 2.48. The predicted molar refractivity (Wildman–Crippen MR) is 102 cm³/mol. The van der Waals surface area contributed by atoms with Crippen molar-refractivity contribution in [2.75, 3.05) is 21.1 Å². The molecule has 1 aromatic carbocycles. The Labute approximate surface area is 160 Å². The molecule has 0 aliphatic carbocycles. The highest BCUT2D eigenvalue weighted by atomic mass is 16.3. The molecule has 1 saturated heterocycles. The zero-order valence-corrected chi connectivity index (χ0v) is 16.7. The van der Waals surface area contributed by atoms with E-state index in [0.717, 1.165) is 18.7 Å². The zero-order chi connectivity index (χ0) is 20.4. The molecule has 148 valence electrons. The van der Waals surface area contributed by atoms with Crippen LogP contribution in [0.15, 0.2) is 18.2 Å². The maximum absolute atomic E-state index is 12.9. The lowest BCUT2D eigenvalue weighted by Gasteiger charge is -2.34. The monoisotopic (exact) mass is 375 g/mol. The number of hydrogen-bond donors (Lipinski definition) is 1. The standard InChI is InChI=1S/C19H27N3O2.CH2O2/c1-19(2)16(9-17(23)22(19)5)18(24)21(4)10-13-6-7-14-11-20(3)12-15(14)8-13;2-1-3/h6-8,16H,9-12H2,1-5H3;1H,(H,2,3). The number of amides is 2. The third-order valence-electron chi connectivity index (χ3n) is 5.72. The number of carbonyl (C=O) groups is 3. The van der Waals surface area contributed by atoms with Gasteiger partial charge in [0.25, 0.3) is 6.47 Å². The molecule has 2 aliphatic rings. The summed E-state index contributed by atoms with van der Waals surface area (Å²) in [6.07, 6.45) is 0.307. The van der Waals surface area contributed by atoms with Crippen molar-refractivity contribution in [2.45, 2.75) is 45.4 Å². The molecule has 1 aromatic rings. The van der Waals surface area contributed by atoms with Crippen molar-refractivity contribution in [3.63, 3.8) is 0 Å². The molecule has 1 unspecified atom stereocenters. The molecule has 2 amide bonds. The molecule has 1 atom stereocenters. The normalized spacial score (nSPS) is 20.7. The summed E-state index contributed by atoms with van der Waals surface area (Å²) in [5.41, 5.74) is 3.45. The smallest absolute Gasteiger partial charge is 0.290 e. The third-order valence-corrected chi connectivity index (χ3v) is 5.72. The summed E-state index contributed by atoms with van der Waals surface area (Å²) < 4.78 is 0. The molecule has 0 bridgehead atoms. The van der Waals surface area contributed by atoms with Crippen LogP contribution in [0.4, 0.5) is 0 Å². The van der Waals surface area contributed by atoms with Gasteiger partial charge in [-0.05, 0) is 37.6 Å². The Bertz CT molecular complexity index is 732. The first-order chi connectivity index (χ1) is 12.6. The molecular formula is C20H29N3O4. The van der Waals surface area contributed by atoms with Crippen molar-refractivity contribution in [2.24, 2.45) is 5.92 Å². The Balaban J connectivity index is 0.000000817. The largest absolute Gasteiger partial charge is 0.483 e. The predicted octanol–water partition coefficient (Wildman–Crippen LogP) is 1.55. The molecule has 0 saturated carbocycles. The molecule has 0 aromatic heterocycles. The lowest BCUT2D eigenvalue weighted by molar-refractivity contribution is -0.137. The van der Waals surface area contributed by atoms with Crippen LogP contribution in [0.2, 0.25) is 0 Å². The van der Waals surface area contributed by atoms with Crippen LogP contribution in [0.1, 0.15) is 37.0 Å². The van der Waals surface area contributed by atoms with Crippen LogP contribution < -0.4 is 0 Å². The van der Waals surface area contributed by atoms with Gasteiger partial charge in [-0.15, -0.1) is 0 Å². The number of rotatable bonds is 3. The Morgan fingerprint density at radius 2 is 1.89 bits per heavy atom. The van der Waals surface area contributed by atoms with E-state index in [4.69, 9.17) is 9.90 Å². The van der Waals surface area contributed by atoms with Crippen molar-refractivity contribution in [1.82, 2.24) is 14.7 Å². The fourth-order valence-corrected chi connectivity index (χ4v) is 3.84. The van der Waals surface area contributed by atoms with Crippen molar-refractivity contribution in [3.8, 4) is 0 Å². The van der Waals surface area contributed by atoms with Crippen LogP contribution in [0.25, 0.3) is 0 Å². The van der Waals surface area contributed by atoms with Gasteiger partial charge in [-0.2, -0.15) is 0 Å². The van der Waals surface area contributed by atoms with E-state index in [-0.39, 0.29) is 24.2 Å². The van der Waals surface area contributed by atoms with E-state index in [9.17, 15) is 9.59 Å². The summed E-state index contributed by atoms with van der Waals surface area (Å²) in [7, 11) is 5.73. The van der Waals surface area contributed by atoms with E-state index in [0.29, 0.717) is 13.0 Å². The average molecular weight is 375 g/mol. The molecule has 27 heavy (non-hydrogen) atoms. The fourth-order valence-electron chi connectivity index (χ4n) is 3.84. The molecule has 7 nitrogen and oxygen atoms in total. The summed E-state index contributed by atoms with van der Waals surface area (Å²) in [6.45, 7) is 6.24. The molecule has 1 fully saturated rings. The van der Waals surface area contributed by atoms with Crippen LogP contribution in [0.5, 0.6) is 0 Å². The minimum Gasteiger partial charge on any atom is -0.483 e. The fraction of sp³-hybridized carbons (Fsp3) is 0.550. The summed E-state index contributed by atoms with van der Waals surface area (Å²) in [5, 5.41) is 6.89. The minimum atomic E-state index is -0.428. The van der Waals surface area contributed by atoms with E-state index in [1.54, 1.807) is 16.8 Å². The number of likely N-dealkylation sites (tertiary alicyclic amines) is 1. The van der Waals surface area contributed by atoms with Crippen LogP contribution in [-0.2, 0) is 34.0 Å². The maximum Gasteiger partial charge on any atom is 0.290 e. The highest BCUT2D eigenvalue weighted by Crippen LogP contribution is 2.35. The molecule has 1 N–H and O–H groups in total. The van der Waals surface area contributed by atoms with Gasteiger partial charge < -0.3 is 14.9 Å². The molecule has 0 spiro atoms. The van der Waals surface area contributed by atoms with Gasteiger partial charge in [-0.25, -0.2) is 0 Å². The lowest BCUT2D eigenvalue weighted by atomic mass is 9.87. The number of fused-ring (bicyclic) bond motifs is 1. The van der Waals surface area contributed by atoms with Crippen molar-refractivity contribution < 1.29 is 19.5 Å². The Morgan fingerprint density at radius 1 is 1.30 bits per heavy atom. The maximum atomic E-state index is 12.9. The number of carboxylic acid groups (broad SMARTS) is 1. The zero-order valence-electron chi connectivity index (χ0n) is 16.7. The topological polar surface area (TPSA) is 81.2 Å². The summed E-state index contributed by atoms with van der Waals surface area (Å²) in [5.74, 6) is -0.178. The van der Waals surface area contributed by atoms with Gasteiger partial charge in [0.2, 0.25) is 11.8 Å². The van der Waals surface area contributed by atoms with Crippen molar-refractivity contribution >= 4 is 18.3 Å². The lowest BCUT2D eigenvalue weighted by Crippen LogP contribution is -2.47. The van der Waals surface area contributed by atoms with Crippen LogP contribution in [0.3, 0.4) is 0 Å². The van der Waals surface area contributed by atoms with Gasteiger partial charge in [0, 0.05) is 45.7 Å². The second-order valence-corrected chi connectivity index (χ2v) is 7.94. The quantitative estimate of drug-likeness (QED) is 0.811. The average Bonchev–Trinajstić information content (AvgIpc) is 3.06. The first-order valence-electron chi connectivity index (χ1n) is 9.00. The van der Waals surface area contributed by atoms with Gasteiger partial charge in [0.05, 0.1) is 5.92 Å². The summed E-state index contributed by atoms with van der Waals surface area (Å²) >= 11 is 0. The van der Waals surface area contributed by atoms with E-state index < -0.39 is 5.54 Å². The van der Waals surface area contributed by atoms with E-state index in [1.807, 2.05) is 20.9 Å². The third kappa shape index (κ3) is 4.30. The summed E-state index contributed by atoms with van der Waals surface area (Å²) in [6, 6.07) is 6.49. The SMILES string of the molecule is CN1Cc2ccc(CN(C)C(=O)C3CC(=O)N(C)C3(C)C)cc2C1.O=CO. The molecular weight excluding hydrogens is 346 g/mol. The molecule has 2 heterocycles. The van der Waals surface area contributed by atoms with Gasteiger partial charge in [0.1, 0.15) is 0 Å². The van der Waals surface area contributed by atoms with E-state index in [1.165, 1.54) is 11.1 Å². The van der Waals surface area contributed by atoms with Crippen molar-refractivity contribution in [3.05, 3.63) is 34.9 Å². The first-order valence-corrected chi connectivity index (χ1v) is 9.00. The summed E-state index contributed by atoms with van der Waals surface area (Å²) in [4.78, 5) is 39.0. The van der Waals surface area contributed by atoms with Gasteiger partial charge in [-0.3, -0.25) is 19.3 Å². The number of carbonyl (C=O) groups excluding carboxylic acids is 2. The molecule has 2 aliphatic heterocycles. The second-order valence-electron chi connectivity index (χ2n) is 7.94. The molecule has 0 radical (unpaired) electrons. The number of benzene rings is 1. The van der Waals surface area contributed by atoms with Crippen molar-refractivity contribution in [1.29, 1.82) is 0 Å². The van der Waals surface area contributed by atoms with Crippen LogP contribution in [-0.4, -0.2) is 64.8 Å². The Morgan fingerprint density at radius 3 is 2.44 bits per heavy atom. The van der Waals surface area contributed by atoms with Crippen LogP contribution >= 0.6 is 0 Å². The highest BCUT2D eigenvalue weighted by molar-refractivity contribution is 5.90. The van der Waals surface area contributed by atoms with E-state index >= 15 is 0 Å². The number of hydrogen-bond acceptors (Lipinski definition) is 4. The first kappa shape index (κ1) is 20.9. The van der Waals surface area contributed by atoms with Gasteiger partial charge in [0.15, 0.2) is 0 Å². The van der Waals surface area contributed by atoms with Gasteiger partial charge >= 0.3 is 0 Å². The van der Waals surface area contributed by atoms with Gasteiger partial charge in [-0.1, -0.05) is 18.2 Å².